The van der Waals surface area contributed by atoms with Gasteiger partial charge in [0.15, 0.2) is 0 Å². The number of rotatable bonds is 8. The average Bonchev–Trinajstić information content (AvgIpc) is 2.28. The van der Waals surface area contributed by atoms with Crippen LogP contribution in [-0.2, 0) is 26.4 Å². The Morgan fingerprint density at radius 1 is 0.591 bits per heavy atom. The molecule has 0 saturated heterocycles. The van der Waals surface area contributed by atoms with Crippen LogP contribution in [0.25, 0.3) is 0 Å². The minimum atomic E-state index is -3.89. The van der Waals surface area contributed by atoms with Gasteiger partial charge in [0.25, 0.3) is 0 Å². The zero-order valence-corrected chi connectivity index (χ0v) is 18.0. The second-order valence-electron chi connectivity index (χ2n) is 8.27. The van der Waals surface area contributed by atoms with Gasteiger partial charge in [-0.3, -0.25) is 0 Å². The molecule has 0 spiro atoms. The van der Waals surface area contributed by atoms with Crippen LogP contribution >= 0.6 is 0 Å². The van der Waals surface area contributed by atoms with Gasteiger partial charge in [-0.05, 0) is 0 Å². The first-order valence-corrected chi connectivity index (χ1v) is 11.8. The predicted molar refractivity (Wildman–Crippen MR) is 86.6 cm³/mol. The molecule has 0 aromatic heterocycles. The zero-order valence-electron chi connectivity index (χ0n) is 15.9. The molecule has 134 valence electrons. The molecule has 0 amide bonds. The van der Waals surface area contributed by atoms with Gasteiger partial charge in [-0.1, -0.05) is 0 Å². The fraction of sp³-hybridized carbons (Fsp3) is 1.00. The van der Waals surface area contributed by atoms with Gasteiger partial charge in [0.2, 0.25) is 0 Å². The van der Waals surface area contributed by atoms with E-state index in [2.05, 4.69) is 0 Å². The van der Waals surface area contributed by atoms with Gasteiger partial charge < -0.3 is 0 Å². The normalized spacial score (nSPS) is 14.5. The van der Waals surface area contributed by atoms with Crippen LogP contribution in [0.3, 0.4) is 0 Å². The summed E-state index contributed by atoms with van der Waals surface area (Å²) in [6.45, 7) is 19.0. The summed E-state index contributed by atoms with van der Waals surface area (Å²) in [6.07, 6.45) is 0.800. The molecular weight excluding hydrogens is 349 g/mol. The van der Waals surface area contributed by atoms with E-state index in [1.807, 2.05) is 69.2 Å². The summed E-state index contributed by atoms with van der Waals surface area (Å²) in [7, 11) is 0. The molecular formula is C15H34GeO6. The molecule has 0 aromatic carbocycles. The summed E-state index contributed by atoms with van der Waals surface area (Å²) in [6, 6.07) is 0. The zero-order chi connectivity index (χ0) is 17.7. The molecule has 0 radical (unpaired) electrons. The standard InChI is InChI=1S/C15H34GeO6/c1-11-12-16(20-17-13(2,3)4,21-18-14(5,6)7)22-19-15(8,9)10/h11-12H2,1-10H3. The number of hydrogen-bond acceptors (Lipinski definition) is 6. The monoisotopic (exact) mass is 384 g/mol. The van der Waals surface area contributed by atoms with E-state index in [1.165, 1.54) is 0 Å². The van der Waals surface area contributed by atoms with Crippen LogP contribution in [0.5, 0.6) is 0 Å². The summed E-state index contributed by atoms with van der Waals surface area (Å²) in [4.78, 5) is 16.4. The second kappa shape index (κ2) is 8.42. The van der Waals surface area contributed by atoms with Crippen molar-refractivity contribution in [3.63, 3.8) is 0 Å². The molecule has 0 aromatic rings. The summed E-state index contributed by atoms with van der Waals surface area (Å²) < 4.78 is 16.9. The third-order valence-corrected chi connectivity index (χ3v) is 6.27. The van der Waals surface area contributed by atoms with Gasteiger partial charge in [-0.2, -0.15) is 0 Å². The van der Waals surface area contributed by atoms with Crippen molar-refractivity contribution in [3.05, 3.63) is 0 Å². The van der Waals surface area contributed by atoms with Crippen molar-refractivity contribution in [2.45, 2.75) is 97.7 Å². The maximum atomic E-state index is 5.62. The van der Waals surface area contributed by atoms with Crippen LogP contribution in [0.4, 0.5) is 0 Å². The van der Waals surface area contributed by atoms with E-state index in [4.69, 9.17) is 26.4 Å². The van der Waals surface area contributed by atoms with E-state index in [1.54, 1.807) is 0 Å². The topological polar surface area (TPSA) is 55.4 Å². The maximum absolute atomic E-state index is 5.62. The summed E-state index contributed by atoms with van der Waals surface area (Å²) in [5, 5.41) is 0.558. The van der Waals surface area contributed by atoms with Crippen LogP contribution in [0.2, 0.25) is 5.25 Å². The first-order chi connectivity index (χ1) is 9.68. The SMILES string of the molecule is CC[CH2][Ge]([O]OC(C)(C)C)([O]OC(C)(C)C)[O]OC(C)(C)C. The molecule has 0 heterocycles. The molecule has 22 heavy (non-hydrogen) atoms. The Morgan fingerprint density at radius 3 is 1.05 bits per heavy atom. The Bertz CT molecular complexity index is 268. The Morgan fingerprint density at radius 2 is 0.864 bits per heavy atom. The Labute approximate surface area is 138 Å². The molecule has 0 bridgehead atoms. The first-order valence-electron chi connectivity index (χ1n) is 7.79. The van der Waals surface area contributed by atoms with Gasteiger partial charge in [-0.15, -0.1) is 0 Å². The fourth-order valence-corrected chi connectivity index (χ4v) is 5.40. The van der Waals surface area contributed by atoms with Crippen molar-refractivity contribution in [3.8, 4) is 0 Å². The third-order valence-electron chi connectivity index (χ3n) is 1.81. The molecule has 0 saturated carbocycles. The summed E-state index contributed by atoms with van der Waals surface area (Å²) >= 11 is -3.89. The Balaban J connectivity index is 5.07. The van der Waals surface area contributed by atoms with Crippen LogP contribution in [0.1, 0.15) is 75.7 Å². The van der Waals surface area contributed by atoms with Crippen molar-refractivity contribution in [1.82, 2.24) is 0 Å². The quantitative estimate of drug-likeness (QED) is 0.348. The van der Waals surface area contributed by atoms with Crippen molar-refractivity contribution >= 4 is 14.3 Å². The summed E-state index contributed by atoms with van der Waals surface area (Å²) in [5.74, 6) is 0. The van der Waals surface area contributed by atoms with Crippen LogP contribution in [0, 0.1) is 0 Å². The van der Waals surface area contributed by atoms with Crippen LogP contribution in [0.15, 0.2) is 0 Å². The molecule has 6 nitrogen and oxygen atoms in total. The van der Waals surface area contributed by atoms with Crippen molar-refractivity contribution in [2.75, 3.05) is 0 Å². The molecule has 0 unspecified atom stereocenters. The second-order valence-corrected chi connectivity index (χ2v) is 13.2. The van der Waals surface area contributed by atoms with Gasteiger partial charge in [-0.25, -0.2) is 0 Å². The van der Waals surface area contributed by atoms with E-state index in [0.717, 1.165) is 6.42 Å². The van der Waals surface area contributed by atoms with Crippen molar-refractivity contribution < 1.29 is 26.4 Å². The van der Waals surface area contributed by atoms with Gasteiger partial charge >= 0.3 is 138 Å². The van der Waals surface area contributed by atoms with E-state index < -0.39 is 31.1 Å². The molecule has 0 aliphatic heterocycles. The van der Waals surface area contributed by atoms with E-state index in [0.29, 0.717) is 5.25 Å². The minimum absolute atomic E-state index is 0.486. The van der Waals surface area contributed by atoms with Crippen molar-refractivity contribution in [2.24, 2.45) is 0 Å². The molecule has 0 fully saturated rings. The van der Waals surface area contributed by atoms with Crippen LogP contribution in [-0.4, -0.2) is 31.1 Å². The molecule has 0 aliphatic carbocycles. The van der Waals surface area contributed by atoms with E-state index in [-0.39, 0.29) is 0 Å². The molecule has 0 N–H and O–H groups in total. The van der Waals surface area contributed by atoms with Crippen LogP contribution < -0.4 is 0 Å². The predicted octanol–water partition coefficient (Wildman–Crippen LogP) is 4.58. The molecule has 7 heteroatoms. The summed E-state index contributed by atoms with van der Waals surface area (Å²) in [5.41, 5.74) is -1.46. The Kier molecular flexibility index (Phi) is 8.53. The molecule has 0 rings (SSSR count). The number of hydrogen-bond donors (Lipinski definition) is 0. The fourth-order valence-electron chi connectivity index (χ4n) is 1.04. The van der Waals surface area contributed by atoms with Gasteiger partial charge in [0, 0.05) is 0 Å². The Hall–Kier alpha value is 0.303. The van der Waals surface area contributed by atoms with Crippen molar-refractivity contribution in [1.29, 1.82) is 0 Å². The first kappa shape index (κ1) is 22.3. The van der Waals surface area contributed by atoms with Gasteiger partial charge in [0.1, 0.15) is 0 Å². The van der Waals surface area contributed by atoms with Gasteiger partial charge in [0.05, 0.1) is 0 Å². The van der Waals surface area contributed by atoms with E-state index in [9.17, 15) is 0 Å². The van der Waals surface area contributed by atoms with E-state index >= 15 is 0 Å². The average molecular weight is 383 g/mol. The molecule has 0 aliphatic rings. The third kappa shape index (κ3) is 11.8. The molecule has 0 atom stereocenters.